The number of aromatic nitrogens is 1. The molecular formula is C11H14BrClN2. The van der Waals surface area contributed by atoms with Crippen molar-refractivity contribution in [2.24, 2.45) is 0 Å². The first-order valence-corrected chi connectivity index (χ1v) is 6.58. The highest BCUT2D eigenvalue weighted by Crippen LogP contribution is 2.26. The minimum absolute atomic E-state index is 0.580. The van der Waals surface area contributed by atoms with Gasteiger partial charge < -0.3 is 4.90 Å². The number of anilines is 1. The van der Waals surface area contributed by atoms with Crippen molar-refractivity contribution < 1.29 is 0 Å². The molecule has 0 bridgehead atoms. The molecule has 4 heteroatoms. The van der Waals surface area contributed by atoms with Crippen molar-refractivity contribution in [2.75, 3.05) is 17.3 Å². The van der Waals surface area contributed by atoms with Crippen molar-refractivity contribution in [1.82, 2.24) is 4.98 Å². The Balaban J connectivity index is 2.11. The highest BCUT2D eigenvalue weighted by Gasteiger charge is 2.24. The van der Waals surface area contributed by atoms with Crippen LogP contribution in [0.25, 0.3) is 0 Å². The lowest BCUT2D eigenvalue weighted by molar-refractivity contribution is 0.644. The van der Waals surface area contributed by atoms with Gasteiger partial charge in [0, 0.05) is 29.1 Å². The van der Waals surface area contributed by atoms with Gasteiger partial charge in [0.15, 0.2) is 0 Å². The maximum Gasteiger partial charge on any atom is 0.128 e. The third-order valence-corrected chi connectivity index (χ3v) is 3.51. The van der Waals surface area contributed by atoms with Crippen LogP contribution >= 0.6 is 27.5 Å². The maximum absolute atomic E-state index is 5.80. The summed E-state index contributed by atoms with van der Waals surface area (Å²) in [5.74, 6) is 1.81. The topological polar surface area (TPSA) is 16.1 Å². The molecule has 1 aromatic rings. The summed E-state index contributed by atoms with van der Waals surface area (Å²) in [5, 5.41) is 0. The van der Waals surface area contributed by atoms with Crippen LogP contribution in [0.1, 0.15) is 19.3 Å². The number of pyridine rings is 1. The molecular weight excluding hydrogens is 275 g/mol. The van der Waals surface area contributed by atoms with E-state index in [4.69, 9.17) is 11.6 Å². The van der Waals surface area contributed by atoms with Crippen LogP contribution in [-0.4, -0.2) is 23.5 Å². The lowest BCUT2D eigenvalue weighted by Crippen LogP contribution is -2.30. The third-order valence-electron chi connectivity index (χ3n) is 2.83. The van der Waals surface area contributed by atoms with E-state index in [0.29, 0.717) is 6.04 Å². The summed E-state index contributed by atoms with van der Waals surface area (Å²) in [6.45, 7) is 1.11. The number of rotatable bonds is 3. The molecule has 2 nitrogen and oxygen atoms in total. The third kappa shape index (κ3) is 2.64. The number of hydrogen-bond donors (Lipinski definition) is 0. The predicted molar refractivity (Wildman–Crippen MR) is 67.6 cm³/mol. The molecule has 0 amide bonds. The van der Waals surface area contributed by atoms with Gasteiger partial charge in [-0.2, -0.15) is 0 Å². The Bertz CT molecular complexity index is 315. The molecule has 82 valence electrons. The number of nitrogens with zero attached hydrogens (tertiary/aromatic N) is 2. The molecule has 1 aliphatic heterocycles. The Morgan fingerprint density at radius 2 is 2.40 bits per heavy atom. The van der Waals surface area contributed by atoms with Gasteiger partial charge in [0.1, 0.15) is 5.82 Å². The van der Waals surface area contributed by atoms with Crippen LogP contribution in [0.4, 0.5) is 5.82 Å². The maximum atomic E-state index is 5.80. The first kappa shape index (κ1) is 11.2. The van der Waals surface area contributed by atoms with E-state index in [-0.39, 0.29) is 0 Å². The zero-order valence-corrected chi connectivity index (χ0v) is 10.8. The molecule has 0 radical (unpaired) electrons. The summed E-state index contributed by atoms with van der Waals surface area (Å²) in [5.41, 5.74) is 0. The van der Waals surface area contributed by atoms with Crippen LogP contribution < -0.4 is 4.90 Å². The number of alkyl halides is 1. The van der Waals surface area contributed by atoms with E-state index in [0.717, 1.165) is 29.1 Å². The Morgan fingerprint density at radius 3 is 3.07 bits per heavy atom. The SMILES string of the molecule is ClCCC1CCCN1c1ccc(Br)cn1. The smallest absolute Gasteiger partial charge is 0.128 e. The van der Waals surface area contributed by atoms with Crippen molar-refractivity contribution in [1.29, 1.82) is 0 Å². The van der Waals surface area contributed by atoms with Gasteiger partial charge >= 0.3 is 0 Å². The predicted octanol–water partition coefficient (Wildman–Crippen LogP) is 3.44. The van der Waals surface area contributed by atoms with Gasteiger partial charge in [-0.1, -0.05) is 0 Å². The highest BCUT2D eigenvalue weighted by molar-refractivity contribution is 9.10. The van der Waals surface area contributed by atoms with Crippen LogP contribution in [0.2, 0.25) is 0 Å². The minimum atomic E-state index is 0.580. The Kier molecular flexibility index (Phi) is 3.87. The van der Waals surface area contributed by atoms with Crippen LogP contribution in [0, 0.1) is 0 Å². The van der Waals surface area contributed by atoms with Gasteiger partial charge in [-0.3, -0.25) is 0 Å². The molecule has 2 rings (SSSR count). The van der Waals surface area contributed by atoms with E-state index in [9.17, 15) is 0 Å². The van der Waals surface area contributed by atoms with Crippen LogP contribution in [-0.2, 0) is 0 Å². The van der Waals surface area contributed by atoms with Crippen molar-refractivity contribution in [2.45, 2.75) is 25.3 Å². The molecule has 2 heterocycles. The molecule has 1 unspecified atom stereocenters. The van der Waals surface area contributed by atoms with Gasteiger partial charge in [0.05, 0.1) is 0 Å². The fourth-order valence-corrected chi connectivity index (χ4v) is 2.59. The van der Waals surface area contributed by atoms with Gasteiger partial charge in [-0.25, -0.2) is 4.98 Å². The van der Waals surface area contributed by atoms with Gasteiger partial charge in [0.2, 0.25) is 0 Å². The first-order valence-electron chi connectivity index (χ1n) is 5.25. The second kappa shape index (κ2) is 5.17. The average molecular weight is 290 g/mol. The summed E-state index contributed by atoms with van der Waals surface area (Å²) < 4.78 is 1.03. The van der Waals surface area contributed by atoms with Crippen molar-refractivity contribution in [3.8, 4) is 0 Å². The minimum Gasteiger partial charge on any atom is -0.354 e. The van der Waals surface area contributed by atoms with E-state index in [2.05, 4.69) is 31.9 Å². The number of halogens is 2. The van der Waals surface area contributed by atoms with E-state index in [1.165, 1.54) is 12.8 Å². The molecule has 1 saturated heterocycles. The van der Waals surface area contributed by atoms with E-state index < -0.39 is 0 Å². The van der Waals surface area contributed by atoms with Crippen molar-refractivity contribution >= 4 is 33.3 Å². The molecule has 1 aromatic heterocycles. The fourth-order valence-electron chi connectivity index (χ4n) is 2.10. The number of hydrogen-bond acceptors (Lipinski definition) is 2. The Morgan fingerprint density at radius 1 is 1.53 bits per heavy atom. The van der Waals surface area contributed by atoms with E-state index in [1.807, 2.05) is 12.3 Å². The molecule has 0 aromatic carbocycles. The van der Waals surface area contributed by atoms with Crippen molar-refractivity contribution in [3.05, 3.63) is 22.8 Å². The quantitative estimate of drug-likeness (QED) is 0.793. The largest absolute Gasteiger partial charge is 0.354 e. The normalized spacial score (nSPS) is 20.9. The van der Waals surface area contributed by atoms with Crippen LogP contribution in [0.15, 0.2) is 22.8 Å². The van der Waals surface area contributed by atoms with E-state index in [1.54, 1.807) is 0 Å². The lowest BCUT2D eigenvalue weighted by Gasteiger charge is -2.25. The molecule has 1 aliphatic rings. The molecule has 15 heavy (non-hydrogen) atoms. The Labute approximate surface area is 104 Å². The van der Waals surface area contributed by atoms with Crippen LogP contribution in [0.5, 0.6) is 0 Å². The monoisotopic (exact) mass is 288 g/mol. The summed E-state index contributed by atoms with van der Waals surface area (Å²) in [7, 11) is 0. The van der Waals surface area contributed by atoms with Crippen LogP contribution in [0.3, 0.4) is 0 Å². The van der Waals surface area contributed by atoms with Gasteiger partial charge in [-0.15, -0.1) is 11.6 Å². The second-order valence-electron chi connectivity index (χ2n) is 3.80. The lowest BCUT2D eigenvalue weighted by atomic mass is 10.2. The van der Waals surface area contributed by atoms with Gasteiger partial charge in [0.25, 0.3) is 0 Å². The molecule has 1 atom stereocenters. The van der Waals surface area contributed by atoms with E-state index >= 15 is 0 Å². The standard InChI is InChI=1S/C11H14BrClN2/c12-9-3-4-11(14-8-9)15-7-1-2-10(15)5-6-13/h3-4,8,10H,1-2,5-7H2. The highest BCUT2D eigenvalue weighted by atomic mass is 79.9. The summed E-state index contributed by atoms with van der Waals surface area (Å²) >= 11 is 9.20. The molecule has 0 saturated carbocycles. The Hall–Kier alpha value is -0.280. The first-order chi connectivity index (χ1) is 7.31. The van der Waals surface area contributed by atoms with Gasteiger partial charge in [-0.05, 0) is 47.3 Å². The summed E-state index contributed by atoms with van der Waals surface area (Å²) in [6.07, 6.45) is 5.40. The average Bonchev–Trinajstić information content (AvgIpc) is 2.68. The fraction of sp³-hybridized carbons (Fsp3) is 0.545. The zero-order chi connectivity index (χ0) is 10.7. The second-order valence-corrected chi connectivity index (χ2v) is 5.10. The van der Waals surface area contributed by atoms with Crippen molar-refractivity contribution in [3.63, 3.8) is 0 Å². The summed E-state index contributed by atoms with van der Waals surface area (Å²) in [4.78, 5) is 6.80. The zero-order valence-electron chi connectivity index (χ0n) is 8.50. The molecule has 1 fully saturated rings. The molecule has 0 spiro atoms. The molecule has 0 aliphatic carbocycles. The summed E-state index contributed by atoms with van der Waals surface area (Å²) in [6, 6.07) is 4.69. The molecule has 0 N–H and O–H groups in total.